The van der Waals surface area contributed by atoms with Crippen LogP contribution in [0.3, 0.4) is 0 Å². The van der Waals surface area contributed by atoms with E-state index < -0.39 is 0 Å². The van der Waals surface area contributed by atoms with Gasteiger partial charge in [0.05, 0.1) is 7.11 Å². The largest absolute Gasteiger partial charge is 0.508 e. The smallest absolute Gasteiger partial charge is 0.122 e. The normalized spacial score (nSPS) is 12.1. The zero-order valence-electron chi connectivity index (χ0n) is 11.0. The van der Waals surface area contributed by atoms with E-state index in [1.54, 1.807) is 19.2 Å². The van der Waals surface area contributed by atoms with Crippen molar-refractivity contribution in [1.29, 1.82) is 0 Å². The molecule has 100 valence electrons. The lowest BCUT2D eigenvalue weighted by Gasteiger charge is -2.14. The van der Waals surface area contributed by atoms with Gasteiger partial charge in [0.15, 0.2) is 0 Å². The fourth-order valence-electron chi connectivity index (χ4n) is 2.21. The van der Waals surface area contributed by atoms with Gasteiger partial charge in [0, 0.05) is 6.04 Å². The van der Waals surface area contributed by atoms with Gasteiger partial charge in [-0.05, 0) is 42.2 Å². The number of aromatic hydroxyl groups is 1. The van der Waals surface area contributed by atoms with Crippen molar-refractivity contribution in [3.05, 3.63) is 59.7 Å². The minimum Gasteiger partial charge on any atom is -0.508 e. The minimum atomic E-state index is -0.00176. The summed E-state index contributed by atoms with van der Waals surface area (Å²) in [5.41, 5.74) is 8.33. The molecular formula is C16H19NO2. The molecule has 0 aliphatic carbocycles. The van der Waals surface area contributed by atoms with Crippen LogP contribution in [0.1, 0.15) is 11.1 Å². The van der Waals surface area contributed by atoms with Crippen LogP contribution in [-0.4, -0.2) is 18.3 Å². The van der Waals surface area contributed by atoms with Gasteiger partial charge in [0.25, 0.3) is 0 Å². The third-order valence-corrected chi connectivity index (χ3v) is 3.08. The molecule has 0 radical (unpaired) electrons. The maximum Gasteiger partial charge on any atom is 0.122 e. The Morgan fingerprint density at radius 3 is 2.63 bits per heavy atom. The highest BCUT2D eigenvalue weighted by Crippen LogP contribution is 2.20. The fourth-order valence-corrected chi connectivity index (χ4v) is 2.21. The van der Waals surface area contributed by atoms with Crippen molar-refractivity contribution in [3.63, 3.8) is 0 Å². The summed E-state index contributed by atoms with van der Waals surface area (Å²) in [7, 11) is 1.67. The lowest BCUT2D eigenvalue weighted by Crippen LogP contribution is -2.25. The summed E-state index contributed by atoms with van der Waals surface area (Å²) in [6, 6.07) is 15.1. The van der Waals surface area contributed by atoms with E-state index in [1.807, 2.05) is 36.4 Å². The number of nitrogens with two attached hydrogens (primary N) is 1. The summed E-state index contributed by atoms with van der Waals surface area (Å²) in [5, 5.41) is 9.44. The highest BCUT2D eigenvalue weighted by atomic mass is 16.5. The predicted octanol–water partition coefficient (Wildman–Crippen LogP) is 2.51. The molecule has 3 nitrogen and oxygen atoms in total. The van der Waals surface area contributed by atoms with Crippen LogP contribution in [0.25, 0.3) is 0 Å². The van der Waals surface area contributed by atoms with Crippen molar-refractivity contribution in [2.24, 2.45) is 5.73 Å². The average Bonchev–Trinajstić information content (AvgIpc) is 2.39. The molecule has 0 amide bonds. The quantitative estimate of drug-likeness (QED) is 0.865. The zero-order chi connectivity index (χ0) is 13.7. The molecule has 19 heavy (non-hydrogen) atoms. The number of phenolic OH excluding ortho intramolecular Hbond substituents is 1. The van der Waals surface area contributed by atoms with Crippen molar-refractivity contribution in [2.45, 2.75) is 18.9 Å². The molecule has 1 atom stereocenters. The summed E-state index contributed by atoms with van der Waals surface area (Å²) in [6.45, 7) is 0. The number of para-hydroxylation sites is 1. The number of hydrogen-bond acceptors (Lipinski definition) is 3. The van der Waals surface area contributed by atoms with Gasteiger partial charge in [-0.3, -0.25) is 0 Å². The maximum absolute atomic E-state index is 9.44. The lowest BCUT2D eigenvalue weighted by atomic mass is 9.99. The van der Waals surface area contributed by atoms with Gasteiger partial charge in [0.1, 0.15) is 11.5 Å². The molecule has 2 aromatic carbocycles. The van der Waals surface area contributed by atoms with E-state index in [4.69, 9.17) is 10.5 Å². The molecule has 0 bridgehead atoms. The highest BCUT2D eigenvalue weighted by Gasteiger charge is 2.09. The van der Waals surface area contributed by atoms with Crippen LogP contribution in [0.4, 0.5) is 0 Å². The van der Waals surface area contributed by atoms with E-state index in [9.17, 15) is 5.11 Å². The Kier molecular flexibility index (Phi) is 4.42. The van der Waals surface area contributed by atoms with Crippen LogP contribution in [0.5, 0.6) is 11.5 Å². The van der Waals surface area contributed by atoms with Crippen molar-refractivity contribution in [2.75, 3.05) is 7.11 Å². The molecule has 3 N–H and O–H groups in total. The second-order valence-electron chi connectivity index (χ2n) is 4.65. The molecule has 2 rings (SSSR count). The summed E-state index contributed by atoms with van der Waals surface area (Å²) in [6.07, 6.45) is 1.48. The topological polar surface area (TPSA) is 55.5 Å². The van der Waals surface area contributed by atoms with Gasteiger partial charge in [-0.2, -0.15) is 0 Å². The van der Waals surface area contributed by atoms with Crippen LogP contribution >= 0.6 is 0 Å². The number of hydrogen-bond donors (Lipinski definition) is 2. The Labute approximate surface area is 113 Å². The lowest BCUT2D eigenvalue weighted by molar-refractivity contribution is 0.407. The molecule has 0 aliphatic heterocycles. The molecule has 0 saturated heterocycles. The monoisotopic (exact) mass is 257 g/mol. The highest BCUT2D eigenvalue weighted by molar-refractivity contribution is 5.34. The molecule has 0 fully saturated rings. The third-order valence-electron chi connectivity index (χ3n) is 3.08. The van der Waals surface area contributed by atoms with Gasteiger partial charge in [0.2, 0.25) is 0 Å². The molecule has 0 aliphatic rings. The van der Waals surface area contributed by atoms with Gasteiger partial charge >= 0.3 is 0 Å². The summed E-state index contributed by atoms with van der Waals surface area (Å²) >= 11 is 0. The second-order valence-corrected chi connectivity index (χ2v) is 4.65. The average molecular weight is 257 g/mol. The first-order valence-electron chi connectivity index (χ1n) is 6.34. The van der Waals surface area contributed by atoms with Crippen molar-refractivity contribution >= 4 is 0 Å². The van der Waals surface area contributed by atoms with E-state index >= 15 is 0 Å². The Hall–Kier alpha value is -2.00. The Balaban J connectivity index is 2.03. The van der Waals surface area contributed by atoms with Crippen molar-refractivity contribution in [1.82, 2.24) is 0 Å². The Bertz CT molecular complexity index is 540. The first kappa shape index (κ1) is 13.4. The van der Waals surface area contributed by atoms with E-state index in [-0.39, 0.29) is 11.8 Å². The number of rotatable bonds is 5. The zero-order valence-corrected chi connectivity index (χ0v) is 11.0. The van der Waals surface area contributed by atoms with Gasteiger partial charge in [-0.25, -0.2) is 0 Å². The van der Waals surface area contributed by atoms with Crippen LogP contribution in [0.2, 0.25) is 0 Å². The van der Waals surface area contributed by atoms with E-state index in [0.29, 0.717) is 0 Å². The van der Waals surface area contributed by atoms with Gasteiger partial charge < -0.3 is 15.6 Å². The predicted molar refractivity (Wildman–Crippen MR) is 76.5 cm³/mol. The summed E-state index contributed by atoms with van der Waals surface area (Å²) in [4.78, 5) is 0. The summed E-state index contributed by atoms with van der Waals surface area (Å²) < 4.78 is 5.32. The molecule has 0 heterocycles. The number of methoxy groups -OCH3 is 1. The van der Waals surface area contributed by atoms with Gasteiger partial charge in [-0.1, -0.05) is 30.3 Å². The van der Waals surface area contributed by atoms with Crippen molar-refractivity contribution < 1.29 is 9.84 Å². The van der Waals surface area contributed by atoms with Gasteiger partial charge in [-0.15, -0.1) is 0 Å². The van der Waals surface area contributed by atoms with E-state index in [1.165, 1.54) is 0 Å². The maximum atomic E-state index is 9.44. The summed E-state index contributed by atoms with van der Waals surface area (Å²) in [5.74, 6) is 1.15. The van der Waals surface area contributed by atoms with E-state index in [0.717, 1.165) is 29.7 Å². The Morgan fingerprint density at radius 1 is 1.11 bits per heavy atom. The number of benzene rings is 2. The molecule has 2 aromatic rings. The first-order valence-corrected chi connectivity index (χ1v) is 6.34. The SMILES string of the molecule is COc1ccccc1CC(N)Cc1cccc(O)c1. The molecule has 3 heteroatoms. The molecule has 1 unspecified atom stereocenters. The molecule has 0 spiro atoms. The first-order chi connectivity index (χ1) is 9.19. The number of phenols is 1. The number of ether oxygens (including phenoxy) is 1. The van der Waals surface area contributed by atoms with Crippen LogP contribution in [0.15, 0.2) is 48.5 Å². The fraction of sp³-hybridized carbons (Fsp3) is 0.250. The third kappa shape index (κ3) is 3.73. The van der Waals surface area contributed by atoms with E-state index in [2.05, 4.69) is 0 Å². The second kappa shape index (κ2) is 6.25. The molecular weight excluding hydrogens is 238 g/mol. The molecule has 0 saturated carbocycles. The van der Waals surface area contributed by atoms with Crippen LogP contribution in [0, 0.1) is 0 Å². The Morgan fingerprint density at radius 2 is 1.89 bits per heavy atom. The standard InChI is InChI=1S/C16H19NO2/c1-19-16-8-3-2-6-13(16)11-14(17)9-12-5-4-7-15(18)10-12/h2-8,10,14,18H,9,11,17H2,1H3. The molecule has 0 aromatic heterocycles. The van der Waals surface area contributed by atoms with Crippen LogP contribution < -0.4 is 10.5 Å². The van der Waals surface area contributed by atoms with Crippen molar-refractivity contribution in [3.8, 4) is 11.5 Å². The minimum absolute atomic E-state index is 0.00176. The van der Waals surface area contributed by atoms with Crippen LogP contribution in [-0.2, 0) is 12.8 Å².